The van der Waals surface area contributed by atoms with Crippen molar-refractivity contribution in [2.75, 3.05) is 0 Å². The molecule has 3 aromatic heterocycles. The summed E-state index contributed by atoms with van der Waals surface area (Å²) in [7, 11) is 0. The summed E-state index contributed by atoms with van der Waals surface area (Å²) < 4.78 is 144. The van der Waals surface area contributed by atoms with E-state index in [9.17, 15) is 5.48 Å². The van der Waals surface area contributed by atoms with Gasteiger partial charge in [0.2, 0.25) is 5.69 Å². The maximum absolute atomic E-state index is 9.47. The van der Waals surface area contributed by atoms with Crippen molar-refractivity contribution in [1.82, 2.24) is 23.7 Å². The largest absolute Gasteiger partial charge is 2.00 e. The minimum atomic E-state index is -3.11. The van der Waals surface area contributed by atoms with Crippen molar-refractivity contribution in [2.45, 2.75) is 59.2 Å². The molecule has 310 valence electrons. The Balaban J connectivity index is 0.00000740. The van der Waals surface area contributed by atoms with E-state index < -0.39 is 113 Å². The van der Waals surface area contributed by atoms with Gasteiger partial charge < -0.3 is 9.30 Å². The molecule has 9 aromatic rings. The number of rotatable bonds is 7. The molecule has 10 rings (SSSR count). The van der Waals surface area contributed by atoms with Gasteiger partial charge in [-0.2, -0.15) is 6.07 Å². The predicted octanol–water partition coefficient (Wildman–Crippen LogP) is 14.1. The summed E-state index contributed by atoms with van der Waals surface area (Å²) in [5.74, 6) is 1.27. The molecule has 0 saturated heterocycles. The molecule has 0 saturated carbocycles. The van der Waals surface area contributed by atoms with Gasteiger partial charge in [0.25, 0.3) is 11.4 Å². The first kappa shape index (κ1) is 27.4. The number of ether oxygens (including phenoxy) is 1. The predicted molar refractivity (Wildman–Crippen MR) is 254 cm³/mol. The zero-order valence-electron chi connectivity index (χ0n) is 50.0. The van der Waals surface area contributed by atoms with Gasteiger partial charge in [0, 0.05) is 40.1 Å². The van der Waals surface area contributed by atoms with Crippen LogP contribution in [0.15, 0.2) is 158 Å². The van der Waals surface area contributed by atoms with Gasteiger partial charge in [-0.15, -0.1) is 29.1 Å². The minimum absolute atomic E-state index is 0. The van der Waals surface area contributed by atoms with E-state index in [0.29, 0.717) is 28.5 Å². The molecule has 0 spiro atoms. The van der Waals surface area contributed by atoms with Crippen molar-refractivity contribution in [3.8, 4) is 39.6 Å². The third-order valence-electron chi connectivity index (χ3n) is 10.7. The fraction of sp³-hybridized carbons (Fsp3) is 0.161. The van der Waals surface area contributed by atoms with Crippen LogP contribution in [0.3, 0.4) is 0 Å². The van der Waals surface area contributed by atoms with Gasteiger partial charge in [-0.25, -0.2) is 4.98 Å². The number of hydrogen-bond acceptors (Lipinski definition) is 3. The molecule has 6 nitrogen and oxygen atoms in total. The molecule has 1 aliphatic rings. The Morgan fingerprint density at radius 2 is 1.40 bits per heavy atom. The van der Waals surface area contributed by atoms with E-state index in [0.717, 1.165) is 27.4 Å². The van der Waals surface area contributed by atoms with Crippen molar-refractivity contribution in [3.05, 3.63) is 187 Å². The van der Waals surface area contributed by atoms with Crippen molar-refractivity contribution < 1.29 is 46.4 Å². The summed E-state index contributed by atoms with van der Waals surface area (Å²) in [6, 6.07) is 20.4. The first-order chi connectivity index (χ1) is 36.1. The second-order valence-electron chi connectivity index (χ2n) is 16.9. The Labute approximate surface area is 404 Å². The summed E-state index contributed by atoms with van der Waals surface area (Å²) in [4.78, 5) is 9.22. The SMILES string of the molecule is [2H]c1c([2H])c([2H])c(-c2c([2H])c([2H])c([2H])c(-c3c([2H])c([2H])c(C([2H])([2H])[2H])c([2H])c3[2H])c2[N+]2=C=[N+](c3[c-]c(Oc4[c-]c5c(cc4)c4ccncc4n5-c4cc(C(C)(C)C)ccn4)cc(C(C)(C)C)c3)c3ccccc32)c([2H])c1[2H].[Pt+2]. The topological polar surface area (TPSA) is 46.0 Å². The molecule has 0 bridgehead atoms. The fourth-order valence-electron chi connectivity index (χ4n) is 7.53. The van der Waals surface area contributed by atoms with Gasteiger partial charge in [-0.05, 0) is 74.6 Å². The minimum Gasteiger partial charge on any atom is -0.509 e. The average Bonchev–Trinajstić information content (AvgIpc) is 4.08. The van der Waals surface area contributed by atoms with Crippen LogP contribution in [0.25, 0.3) is 49.9 Å². The van der Waals surface area contributed by atoms with Crippen LogP contribution in [0.4, 0.5) is 22.7 Å². The quantitative estimate of drug-likeness (QED) is 0.118. The first-order valence-corrected chi connectivity index (χ1v) is 19.9. The van der Waals surface area contributed by atoms with E-state index in [1.807, 2.05) is 61.7 Å². The summed E-state index contributed by atoms with van der Waals surface area (Å²) in [5.41, 5.74) is 0.226. The second-order valence-corrected chi connectivity index (χ2v) is 16.9. The molecular weight excluding hydrogens is 954 g/mol. The van der Waals surface area contributed by atoms with Crippen LogP contribution in [-0.2, 0) is 31.9 Å². The van der Waals surface area contributed by atoms with Crippen LogP contribution in [0.2, 0.25) is 0 Å². The molecule has 63 heavy (non-hydrogen) atoms. The van der Waals surface area contributed by atoms with Crippen molar-refractivity contribution >= 4 is 50.6 Å². The summed E-state index contributed by atoms with van der Waals surface area (Å²) >= 11 is 0. The molecule has 0 N–H and O–H groups in total. The molecule has 0 fully saturated rings. The third-order valence-corrected chi connectivity index (χ3v) is 10.7. The van der Waals surface area contributed by atoms with Crippen LogP contribution in [0.1, 0.15) is 78.8 Å². The van der Waals surface area contributed by atoms with Crippen LogP contribution in [-0.4, -0.2) is 20.5 Å². The molecule has 7 heteroatoms. The van der Waals surface area contributed by atoms with Crippen molar-refractivity contribution in [3.63, 3.8) is 0 Å². The monoisotopic (exact) mass is 1020 g/mol. The Morgan fingerprint density at radius 3 is 2.11 bits per heavy atom. The van der Waals surface area contributed by atoms with Gasteiger partial charge in [-0.3, -0.25) is 4.98 Å². The maximum atomic E-state index is 9.47. The van der Waals surface area contributed by atoms with E-state index in [-0.39, 0.29) is 43.6 Å². The molecule has 0 radical (unpaired) electrons. The van der Waals surface area contributed by atoms with E-state index in [2.05, 4.69) is 43.9 Å². The number of nitrogens with zero attached hydrogens (tertiary/aromatic N) is 5. The summed E-state index contributed by atoms with van der Waals surface area (Å²) in [6.07, 6.45) is 5.30. The molecule has 0 aliphatic carbocycles. The van der Waals surface area contributed by atoms with Gasteiger partial charge in [0.05, 0.1) is 39.3 Å². The fourth-order valence-corrected chi connectivity index (χ4v) is 7.53. The van der Waals surface area contributed by atoms with Crippen LogP contribution < -0.4 is 13.9 Å². The van der Waals surface area contributed by atoms with Crippen LogP contribution in [0, 0.1) is 19.0 Å². The third kappa shape index (κ3) is 7.75. The molecule has 0 unspecified atom stereocenters. The first-order valence-electron chi connectivity index (χ1n) is 27.4. The van der Waals surface area contributed by atoms with E-state index in [4.69, 9.17) is 24.8 Å². The molecule has 0 atom stereocenters. The molecular formula is C56H47N5OPt+2. The number of aromatic nitrogens is 3. The van der Waals surface area contributed by atoms with Crippen LogP contribution in [0.5, 0.6) is 11.5 Å². The molecule has 0 amide bonds. The normalized spacial score (nSPS) is 16.1. The number of hydrogen-bond donors (Lipinski definition) is 0. The zero-order valence-corrected chi connectivity index (χ0v) is 37.3. The van der Waals surface area contributed by atoms with Crippen molar-refractivity contribution in [2.24, 2.45) is 0 Å². The Hall–Kier alpha value is -6.71. The zero-order chi connectivity index (χ0) is 55.7. The summed E-state index contributed by atoms with van der Waals surface area (Å²) in [6.45, 7) is 9.33. The van der Waals surface area contributed by atoms with E-state index in [1.165, 1.54) is 4.58 Å². The van der Waals surface area contributed by atoms with Crippen molar-refractivity contribution in [1.29, 1.82) is 0 Å². The smallest absolute Gasteiger partial charge is 0.509 e. The molecule has 4 heterocycles. The maximum Gasteiger partial charge on any atom is 2.00 e. The Morgan fingerprint density at radius 1 is 0.683 bits per heavy atom. The second kappa shape index (κ2) is 16.2. The number of benzene rings is 6. The number of pyridine rings is 2. The summed E-state index contributed by atoms with van der Waals surface area (Å²) in [5, 5.41) is 1.82. The standard InChI is InChI=1S/C56H47N5O.Pt/c1-37-20-22-39(23-21-37)46-17-13-16-45(38-14-9-8-10-15-38)54(46)60-36-59(49-18-11-12-19-50(49)60)42-30-41(56(5,6)7)31-44(33-42)62-43-24-25-47-48-27-28-57-35-52(48)61(51(47)34-43)53-32-40(26-29-58-53)55(2,3)4;/h8-32,35H,1-7H3;/q;+2/i1D3,8D,9D,10D,13D,14D,15D,16D,17D,20D,21D,22D,23D;. The average molecular weight is 1020 g/mol. The van der Waals surface area contributed by atoms with Gasteiger partial charge in [0.1, 0.15) is 11.5 Å². The molecule has 6 aromatic carbocycles. The van der Waals surface area contributed by atoms with E-state index in [1.54, 1.807) is 53.5 Å². The van der Waals surface area contributed by atoms with E-state index >= 15 is 0 Å². The number of fused-ring (bicyclic) bond motifs is 4. The van der Waals surface area contributed by atoms with Gasteiger partial charge in [0.15, 0.2) is 0 Å². The molecule has 1 aliphatic heterocycles. The van der Waals surface area contributed by atoms with Gasteiger partial charge in [-0.1, -0.05) is 142 Å². The van der Waals surface area contributed by atoms with Crippen LogP contribution >= 0.6 is 0 Å². The number of para-hydroxylation sites is 3. The Kier molecular flexibility index (Phi) is 7.04. The Bertz CT molecular complexity index is 4060. The van der Waals surface area contributed by atoms with Gasteiger partial charge >= 0.3 is 27.1 Å².